The van der Waals surface area contributed by atoms with E-state index in [1.54, 1.807) is 0 Å². The predicted molar refractivity (Wildman–Crippen MR) is 197 cm³/mol. The molecule has 0 atom stereocenters. The van der Waals surface area contributed by atoms with Crippen LogP contribution in [-0.4, -0.2) is 6.98 Å². The van der Waals surface area contributed by atoms with Gasteiger partial charge in [0.25, 0.3) is 0 Å². The molecule has 46 heavy (non-hydrogen) atoms. The van der Waals surface area contributed by atoms with Crippen molar-refractivity contribution in [2.24, 2.45) is 0 Å². The van der Waals surface area contributed by atoms with Crippen LogP contribution in [0.15, 0.2) is 152 Å². The Hall–Kier alpha value is -5.58. The van der Waals surface area contributed by atoms with Gasteiger partial charge in [0.05, 0.1) is 9.40 Å². The van der Waals surface area contributed by atoms with Gasteiger partial charge >= 0.3 is 6.98 Å². The van der Waals surface area contributed by atoms with E-state index in [1.807, 2.05) is 11.3 Å². The highest BCUT2D eigenvalue weighted by Gasteiger charge is 2.48. The Morgan fingerprint density at radius 1 is 0.370 bits per heavy atom. The molecule has 0 N–H and O–H groups in total. The fourth-order valence-electron chi connectivity index (χ4n) is 8.19. The maximum atomic E-state index is 2.63. The second-order valence-corrected chi connectivity index (χ2v) is 13.5. The summed E-state index contributed by atoms with van der Waals surface area (Å²) in [5.41, 5.74) is 16.6. The Balaban J connectivity index is 1.29. The zero-order valence-electron chi connectivity index (χ0n) is 24.8. The quantitative estimate of drug-likeness (QED) is 0.182. The summed E-state index contributed by atoms with van der Waals surface area (Å²) >= 11 is 1.93. The maximum absolute atomic E-state index is 2.63. The van der Waals surface area contributed by atoms with Gasteiger partial charge in [-0.25, -0.2) is 0 Å². The molecule has 0 fully saturated rings. The molecule has 7 aromatic carbocycles. The summed E-state index contributed by atoms with van der Waals surface area (Å²) in [7, 11) is 0. The van der Waals surface area contributed by atoms with Crippen LogP contribution in [-0.2, 0) is 0 Å². The smallest absolute Gasteiger partial charge is 0.360 e. The third-order valence-corrected chi connectivity index (χ3v) is 11.4. The summed E-state index contributed by atoms with van der Waals surface area (Å²) in [5, 5.41) is 2.67. The first-order chi connectivity index (χ1) is 22.8. The standard InChI is InChI=1S/C42H25BN2S/c1-3-10-26(11-4-1)28-20-22-36-34(24-28)30-14-7-15-31-35-25-29(27-12-5-2-6-13-27)21-23-37(35)45-39-19-9-17-33-32-16-8-18-38(41(32)46-42(33)39)44(36)43(45)40(30)31/h1-25H. The van der Waals surface area contributed by atoms with Crippen LogP contribution < -0.4 is 15.1 Å². The number of nitrogens with zero attached hydrogens (tertiary/aromatic N) is 2. The van der Waals surface area contributed by atoms with E-state index in [0.717, 1.165) is 0 Å². The maximum Gasteiger partial charge on any atom is 0.422 e. The molecule has 0 spiro atoms. The molecule has 0 radical (unpaired) electrons. The SMILES string of the molecule is c1ccc(-c2ccc3c(c2)-c2cccc4c2B2N3c3cccc5c3sc3c(cccc35)N2c2ccc(-c3ccccc3)cc2-4)cc1. The fraction of sp³-hybridized carbons (Fsp3) is 0. The molecule has 0 saturated heterocycles. The average Bonchev–Trinajstić information content (AvgIpc) is 3.52. The van der Waals surface area contributed by atoms with Crippen molar-refractivity contribution < 1.29 is 0 Å². The second kappa shape index (κ2) is 9.00. The van der Waals surface area contributed by atoms with Crippen molar-refractivity contribution in [1.29, 1.82) is 0 Å². The number of thiophene rings is 1. The van der Waals surface area contributed by atoms with Gasteiger partial charge < -0.3 is 9.62 Å². The van der Waals surface area contributed by atoms with Crippen LogP contribution in [0.4, 0.5) is 22.7 Å². The van der Waals surface area contributed by atoms with Gasteiger partial charge in [0.15, 0.2) is 0 Å². The minimum Gasteiger partial charge on any atom is -0.360 e. The molecule has 0 amide bonds. The molecular weight excluding hydrogens is 575 g/mol. The van der Waals surface area contributed by atoms with Crippen molar-refractivity contribution in [1.82, 2.24) is 0 Å². The Kier molecular flexibility index (Phi) is 4.83. The van der Waals surface area contributed by atoms with E-state index in [9.17, 15) is 0 Å². The van der Waals surface area contributed by atoms with Gasteiger partial charge in [-0.2, -0.15) is 0 Å². The third kappa shape index (κ3) is 3.16. The lowest BCUT2D eigenvalue weighted by Crippen LogP contribution is -2.62. The molecule has 1 aromatic heterocycles. The molecule has 212 valence electrons. The number of rotatable bonds is 2. The van der Waals surface area contributed by atoms with Gasteiger partial charge in [0, 0.05) is 44.6 Å². The molecule has 8 aromatic rings. The predicted octanol–water partition coefficient (Wildman–Crippen LogP) is 11.0. The van der Waals surface area contributed by atoms with Crippen molar-refractivity contribution >= 4 is 66.7 Å². The molecule has 3 aliphatic rings. The number of fused-ring (bicyclic) bond motifs is 8. The molecular formula is C42H25BN2S. The number of anilines is 4. The normalized spacial score (nSPS) is 13.5. The Morgan fingerprint density at radius 3 is 1.35 bits per heavy atom. The Bertz CT molecular complexity index is 2380. The summed E-state index contributed by atoms with van der Waals surface area (Å²) in [5.74, 6) is 0. The molecule has 3 aliphatic heterocycles. The minimum absolute atomic E-state index is 0.0293. The van der Waals surface area contributed by atoms with Crippen LogP contribution >= 0.6 is 11.3 Å². The lowest BCUT2D eigenvalue weighted by atomic mass is 9.53. The number of hydrogen-bond donors (Lipinski definition) is 0. The molecule has 0 unspecified atom stereocenters. The second-order valence-electron chi connectivity index (χ2n) is 12.5. The first kappa shape index (κ1) is 24.7. The van der Waals surface area contributed by atoms with Crippen molar-refractivity contribution in [2.45, 2.75) is 0 Å². The fourth-order valence-corrected chi connectivity index (χ4v) is 9.51. The van der Waals surface area contributed by atoms with E-state index >= 15 is 0 Å². The molecule has 6 bridgehead atoms. The summed E-state index contributed by atoms with van der Waals surface area (Å²) < 4.78 is 2.71. The monoisotopic (exact) mass is 600 g/mol. The van der Waals surface area contributed by atoms with E-state index in [4.69, 9.17) is 0 Å². The van der Waals surface area contributed by atoms with Crippen LogP contribution in [0.1, 0.15) is 0 Å². The van der Waals surface area contributed by atoms with Crippen molar-refractivity contribution in [3.8, 4) is 44.5 Å². The Morgan fingerprint density at radius 2 is 0.848 bits per heavy atom. The third-order valence-electron chi connectivity index (χ3n) is 10.2. The van der Waals surface area contributed by atoms with E-state index in [1.165, 1.54) is 92.9 Å². The van der Waals surface area contributed by atoms with Gasteiger partial charge in [0.1, 0.15) is 0 Å². The topological polar surface area (TPSA) is 6.48 Å². The molecule has 4 heteroatoms. The summed E-state index contributed by atoms with van der Waals surface area (Å²) in [4.78, 5) is 5.27. The van der Waals surface area contributed by atoms with Crippen molar-refractivity contribution in [3.05, 3.63) is 152 Å². The lowest BCUT2D eigenvalue weighted by Gasteiger charge is -2.48. The zero-order chi connectivity index (χ0) is 29.9. The summed E-state index contributed by atoms with van der Waals surface area (Å²) in [6.45, 7) is -0.0293. The van der Waals surface area contributed by atoms with Crippen LogP contribution in [0.2, 0.25) is 0 Å². The van der Waals surface area contributed by atoms with E-state index in [2.05, 4.69) is 161 Å². The average molecular weight is 601 g/mol. The van der Waals surface area contributed by atoms with Gasteiger partial charge in [0.2, 0.25) is 0 Å². The summed E-state index contributed by atoms with van der Waals surface area (Å²) in [6.07, 6.45) is 0. The van der Waals surface area contributed by atoms with Crippen molar-refractivity contribution in [2.75, 3.05) is 9.62 Å². The first-order valence-corrected chi connectivity index (χ1v) is 16.7. The molecule has 2 nitrogen and oxygen atoms in total. The van der Waals surface area contributed by atoms with Gasteiger partial charge in [-0.1, -0.05) is 115 Å². The largest absolute Gasteiger partial charge is 0.422 e. The highest BCUT2D eigenvalue weighted by Crippen LogP contribution is 2.55. The molecule has 0 saturated carbocycles. The number of hydrogen-bond acceptors (Lipinski definition) is 3. The van der Waals surface area contributed by atoms with E-state index in [0.29, 0.717) is 0 Å². The van der Waals surface area contributed by atoms with E-state index in [-0.39, 0.29) is 6.98 Å². The van der Waals surface area contributed by atoms with Gasteiger partial charge in [-0.15, -0.1) is 11.3 Å². The van der Waals surface area contributed by atoms with Gasteiger partial charge in [-0.3, -0.25) is 0 Å². The molecule has 0 aliphatic carbocycles. The van der Waals surface area contributed by atoms with Crippen LogP contribution in [0.3, 0.4) is 0 Å². The van der Waals surface area contributed by atoms with E-state index < -0.39 is 0 Å². The lowest BCUT2D eigenvalue weighted by molar-refractivity contribution is 1.28. The molecule has 4 heterocycles. The van der Waals surface area contributed by atoms with Gasteiger partial charge in [-0.05, 0) is 75.2 Å². The first-order valence-electron chi connectivity index (χ1n) is 15.9. The number of benzene rings is 7. The Labute approximate surface area is 271 Å². The highest BCUT2D eigenvalue weighted by atomic mass is 32.1. The molecule has 11 rings (SSSR count). The highest BCUT2D eigenvalue weighted by molar-refractivity contribution is 7.27. The van der Waals surface area contributed by atoms with Crippen molar-refractivity contribution in [3.63, 3.8) is 0 Å². The summed E-state index contributed by atoms with van der Waals surface area (Å²) in [6, 6.07) is 56.4. The van der Waals surface area contributed by atoms with Crippen LogP contribution in [0.5, 0.6) is 0 Å². The van der Waals surface area contributed by atoms with Crippen LogP contribution in [0.25, 0.3) is 64.7 Å². The zero-order valence-corrected chi connectivity index (χ0v) is 25.6. The minimum atomic E-state index is -0.0293. The van der Waals surface area contributed by atoms with Crippen LogP contribution in [0, 0.1) is 0 Å².